The number of carbonyl (C=O) groups excluding carboxylic acids is 1. The third-order valence-corrected chi connectivity index (χ3v) is 7.91. The number of carbonyl (C=O) groups is 1. The number of aromatic hydroxyl groups is 1. The van der Waals surface area contributed by atoms with Gasteiger partial charge in [-0.15, -0.1) is 0 Å². The van der Waals surface area contributed by atoms with E-state index in [2.05, 4.69) is 74.4 Å². The molecule has 2 heteroatoms. The molecule has 3 unspecified atom stereocenters. The maximum Gasteiger partial charge on any atom is 0.142 e. The van der Waals surface area contributed by atoms with E-state index in [1.807, 2.05) is 0 Å². The van der Waals surface area contributed by atoms with Crippen molar-refractivity contribution in [3.8, 4) is 5.75 Å². The quantitative estimate of drug-likeness (QED) is 0.676. The summed E-state index contributed by atoms with van der Waals surface area (Å²) in [5, 5.41) is 11.0. The number of rotatable bonds is 2. The van der Waals surface area contributed by atoms with E-state index in [0.29, 0.717) is 17.5 Å². The highest BCUT2D eigenvalue weighted by molar-refractivity contribution is 5.91. The van der Waals surface area contributed by atoms with Crippen LogP contribution in [0.4, 0.5) is 0 Å². The predicted octanol–water partition coefficient (Wildman–Crippen LogP) is 6.17. The molecule has 0 aromatic heterocycles. The van der Waals surface area contributed by atoms with Crippen LogP contribution in [0.15, 0.2) is 12.1 Å². The fourth-order valence-corrected chi connectivity index (χ4v) is 5.72. The van der Waals surface area contributed by atoms with E-state index in [1.54, 1.807) is 0 Å². The van der Waals surface area contributed by atoms with Crippen LogP contribution in [0.2, 0.25) is 0 Å². The van der Waals surface area contributed by atoms with Crippen molar-refractivity contribution in [3.05, 3.63) is 28.8 Å². The molecule has 0 radical (unpaired) electrons. The molecular formula is C25H38O2. The standard InChI is InChI=1S/C25H38O2/c1-22(2,3)18-13-15(14-19(20(18)26)23(4,5)6)12-16-17-10-11-25(9,21(16)27)24(17,7)8/h13-14,16-17,26H,10-12H2,1-9H3. The average molecular weight is 371 g/mol. The van der Waals surface area contributed by atoms with Crippen LogP contribution in [0.3, 0.4) is 0 Å². The minimum Gasteiger partial charge on any atom is -0.507 e. The van der Waals surface area contributed by atoms with Gasteiger partial charge in [0.15, 0.2) is 0 Å². The zero-order valence-electron chi connectivity index (χ0n) is 18.8. The lowest BCUT2D eigenvalue weighted by atomic mass is 9.70. The molecule has 2 aliphatic carbocycles. The van der Waals surface area contributed by atoms with Crippen molar-refractivity contribution < 1.29 is 9.90 Å². The van der Waals surface area contributed by atoms with E-state index in [-0.39, 0.29) is 27.6 Å². The summed E-state index contributed by atoms with van der Waals surface area (Å²) in [7, 11) is 0. The first kappa shape index (κ1) is 20.4. The number of hydrogen-bond acceptors (Lipinski definition) is 2. The summed E-state index contributed by atoms with van der Waals surface area (Å²) >= 11 is 0. The van der Waals surface area contributed by atoms with Crippen LogP contribution in [-0.4, -0.2) is 10.9 Å². The Kier molecular flexibility index (Phi) is 4.42. The first-order chi connectivity index (χ1) is 12.1. The van der Waals surface area contributed by atoms with Crippen molar-refractivity contribution in [1.29, 1.82) is 0 Å². The van der Waals surface area contributed by atoms with Crippen LogP contribution in [0.5, 0.6) is 5.75 Å². The SMILES string of the molecule is CC(C)(C)c1cc(CC2C(=O)C3(C)CCC2C3(C)C)cc(C(C)(C)C)c1O. The molecule has 2 saturated carbocycles. The monoisotopic (exact) mass is 370 g/mol. The van der Waals surface area contributed by atoms with E-state index in [1.165, 1.54) is 5.56 Å². The highest BCUT2D eigenvalue weighted by atomic mass is 16.3. The van der Waals surface area contributed by atoms with Crippen molar-refractivity contribution in [1.82, 2.24) is 0 Å². The van der Waals surface area contributed by atoms with E-state index in [9.17, 15) is 9.90 Å². The van der Waals surface area contributed by atoms with Gasteiger partial charge < -0.3 is 5.11 Å². The van der Waals surface area contributed by atoms with Gasteiger partial charge in [0.25, 0.3) is 0 Å². The summed E-state index contributed by atoms with van der Waals surface area (Å²) in [6.45, 7) is 19.6. The van der Waals surface area contributed by atoms with Crippen LogP contribution in [0.1, 0.15) is 91.8 Å². The Morgan fingerprint density at radius 3 is 1.85 bits per heavy atom. The van der Waals surface area contributed by atoms with Gasteiger partial charge in [-0.3, -0.25) is 4.79 Å². The molecule has 2 bridgehead atoms. The molecule has 150 valence electrons. The van der Waals surface area contributed by atoms with E-state index >= 15 is 0 Å². The molecule has 0 heterocycles. The summed E-state index contributed by atoms with van der Waals surface area (Å²) in [6, 6.07) is 4.30. The zero-order valence-corrected chi connectivity index (χ0v) is 18.8. The van der Waals surface area contributed by atoms with Gasteiger partial charge in [-0.1, -0.05) is 74.4 Å². The van der Waals surface area contributed by atoms with Crippen LogP contribution in [0, 0.1) is 22.7 Å². The molecule has 2 aliphatic rings. The Morgan fingerprint density at radius 2 is 1.48 bits per heavy atom. The molecule has 0 aliphatic heterocycles. The molecule has 3 atom stereocenters. The van der Waals surface area contributed by atoms with Crippen molar-refractivity contribution in [3.63, 3.8) is 0 Å². The highest BCUT2D eigenvalue weighted by Crippen LogP contribution is 2.66. The van der Waals surface area contributed by atoms with Crippen LogP contribution in [-0.2, 0) is 22.0 Å². The Bertz CT molecular complexity index is 737. The van der Waals surface area contributed by atoms with Gasteiger partial charge >= 0.3 is 0 Å². The second kappa shape index (κ2) is 5.84. The van der Waals surface area contributed by atoms with E-state index in [4.69, 9.17) is 0 Å². The lowest BCUT2D eigenvalue weighted by Gasteiger charge is -2.32. The van der Waals surface area contributed by atoms with Crippen LogP contribution < -0.4 is 0 Å². The second-order valence-electron chi connectivity index (χ2n) is 11.9. The summed E-state index contributed by atoms with van der Waals surface area (Å²) in [4.78, 5) is 13.3. The van der Waals surface area contributed by atoms with Crippen LogP contribution in [0.25, 0.3) is 0 Å². The normalized spacial score (nSPS) is 30.2. The Morgan fingerprint density at radius 1 is 1.00 bits per heavy atom. The minimum atomic E-state index is -0.168. The molecule has 1 aromatic carbocycles. The number of phenols is 1. The first-order valence-corrected chi connectivity index (χ1v) is 10.5. The van der Waals surface area contributed by atoms with Gasteiger partial charge in [0, 0.05) is 11.3 Å². The summed E-state index contributed by atoms with van der Waals surface area (Å²) in [5.41, 5.74) is 2.84. The smallest absolute Gasteiger partial charge is 0.142 e. The van der Waals surface area contributed by atoms with Crippen molar-refractivity contribution in [2.75, 3.05) is 0 Å². The average Bonchev–Trinajstić information content (AvgIpc) is 2.80. The van der Waals surface area contributed by atoms with Gasteiger partial charge in [-0.2, -0.15) is 0 Å². The Hall–Kier alpha value is -1.31. The lowest BCUT2D eigenvalue weighted by Crippen LogP contribution is -2.33. The van der Waals surface area contributed by atoms with Gasteiger partial charge in [0.2, 0.25) is 0 Å². The number of ketones is 1. The molecule has 2 fully saturated rings. The first-order valence-electron chi connectivity index (χ1n) is 10.5. The molecule has 0 amide bonds. The fraction of sp³-hybridized carbons (Fsp3) is 0.720. The number of hydrogen-bond donors (Lipinski definition) is 1. The zero-order chi connectivity index (χ0) is 20.6. The summed E-state index contributed by atoms with van der Waals surface area (Å²) in [6.07, 6.45) is 3.00. The molecular weight excluding hydrogens is 332 g/mol. The number of fused-ring (bicyclic) bond motifs is 2. The van der Waals surface area contributed by atoms with Crippen LogP contribution >= 0.6 is 0 Å². The Labute approximate surface area is 165 Å². The Balaban J connectivity index is 2.05. The second-order valence-corrected chi connectivity index (χ2v) is 11.9. The molecule has 1 aromatic rings. The van der Waals surface area contributed by atoms with Crippen molar-refractivity contribution in [2.45, 2.75) is 92.4 Å². The summed E-state index contributed by atoms with van der Waals surface area (Å²) in [5.74, 6) is 1.47. The molecule has 3 rings (SSSR count). The topological polar surface area (TPSA) is 37.3 Å². The highest BCUT2D eigenvalue weighted by Gasteiger charge is 2.65. The molecule has 2 nitrogen and oxygen atoms in total. The number of benzene rings is 1. The van der Waals surface area contributed by atoms with Crippen molar-refractivity contribution in [2.24, 2.45) is 22.7 Å². The molecule has 27 heavy (non-hydrogen) atoms. The minimum absolute atomic E-state index is 0.0887. The maximum atomic E-state index is 13.3. The molecule has 1 N–H and O–H groups in total. The maximum absolute atomic E-state index is 13.3. The van der Waals surface area contributed by atoms with E-state index < -0.39 is 0 Å². The van der Waals surface area contributed by atoms with Gasteiger partial charge in [-0.05, 0) is 58.1 Å². The van der Waals surface area contributed by atoms with Gasteiger partial charge in [-0.25, -0.2) is 0 Å². The predicted molar refractivity (Wildman–Crippen MR) is 112 cm³/mol. The third kappa shape index (κ3) is 2.95. The molecule has 0 saturated heterocycles. The number of Topliss-reactive ketones (excluding diaryl/α,β-unsaturated/α-hetero) is 1. The van der Waals surface area contributed by atoms with Gasteiger partial charge in [0.05, 0.1) is 0 Å². The lowest BCUT2D eigenvalue weighted by molar-refractivity contribution is -0.131. The fourth-order valence-electron chi connectivity index (χ4n) is 5.72. The largest absolute Gasteiger partial charge is 0.507 e. The van der Waals surface area contributed by atoms with Crippen molar-refractivity contribution >= 4 is 5.78 Å². The number of phenolic OH excluding ortho intramolecular Hbond substituents is 1. The molecule has 0 spiro atoms. The third-order valence-electron chi connectivity index (χ3n) is 7.91. The van der Waals surface area contributed by atoms with E-state index in [0.717, 1.165) is 30.4 Å². The van der Waals surface area contributed by atoms with Gasteiger partial charge in [0.1, 0.15) is 11.5 Å². The summed E-state index contributed by atoms with van der Waals surface area (Å²) < 4.78 is 0.